The maximum Gasteiger partial charge on any atom is 0.0110 e. The summed E-state index contributed by atoms with van der Waals surface area (Å²) >= 11 is 0. The molecule has 4 nitrogen and oxygen atoms in total. The highest BCUT2D eigenvalue weighted by molar-refractivity contribution is 4.84. The summed E-state index contributed by atoms with van der Waals surface area (Å²) in [5, 5.41) is 7.05. The zero-order valence-electron chi connectivity index (χ0n) is 20.1. The van der Waals surface area contributed by atoms with E-state index in [9.17, 15) is 0 Å². The van der Waals surface area contributed by atoms with Crippen LogP contribution in [0.3, 0.4) is 0 Å². The van der Waals surface area contributed by atoms with Crippen LogP contribution in [-0.4, -0.2) is 73.7 Å². The van der Waals surface area contributed by atoms with Crippen molar-refractivity contribution in [3.8, 4) is 0 Å². The van der Waals surface area contributed by atoms with E-state index >= 15 is 0 Å². The molecule has 0 aromatic carbocycles. The van der Waals surface area contributed by atoms with Crippen LogP contribution in [0, 0.1) is 11.8 Å². The highest BCUT2D eigenvalue weighted by Crippen LogP contribution is 2.22. The molecule has 4 heteroatoms. The molecule has 0 rings (SSSR count). The minimum absolute atomic E-state index is 0.564. The van der Waals surface area contributed by atoms with E-state index in [0.29, 0.717) is 24.0 Å². The largest absolute Gasteiger partial charge is 0.317 e. The van der Waals surface area contributed by atoms with Gasteiger partial charge in [0.05, 0.1) is 0 Å². The molecule has 0 spiro atoms. The number of hydrogen-bond acceptors (Lipinski definition) is 4. The molecule has 0 bridgehead atoms. The predicted octanol–water partition coefficient (Wildman–Crippen LogP) is 4.07. The molecule has 0 aromatic heterocycles. The Morgan fingerprint density at radius 3 is 1.96 bits per heavy atom. The standard InChI is InChI=1S/C23H52N4/c1-10-24-16-14-17-26(12-3)18-15-19(5)22(8)27(13-4)23(9)20(6)21(7)25-11-2/h19-25H,10-18H2,1-9H3. The van der Waals surface area contributed by atoms with Crippen molar-refractivity contribution in [2.75, 3.05) is 45.8 Å². The number of nitrogens with zero attached hydrogens (tertiary/aromatic N) is 2. The summed E-state index contributed by atoms with van der Waals surface area (Å²) in [4.78, 5) is 5.35. The fraction of sp³-hybridized carbons (Fsp3) is 1.00. The van der Waals surface area contributed by atoms with Crippen LogP contribution in [0.15, 0.2) is 0 Å². The van der Waals surface area contributed by atoms with Crippen molar-refractivity contribution in [1.82, 2.24) is 20.4 Å². The van der Waals surface area contributed by atoms with Crippen LogP contribution >= 0.6 is 0 Å². The van der Waals surface area contributed by atoms with Crippen molar-refractivity contribution in [1.29, 1.82) is 0 Å². The van der Waals surface area contributed by atoms with Gasteiger partial charge in [0.1, 0.15) is 0 Å². The molecular formula is C23H52N4. The summed E-state index contributed by atoms with van der Waals surface area (Å²) in [6.45, 7) is 29.1. The first-order valence-electron chi connectivity index (χ1n) is 11.8. The van der Waals surface area contributed by atoms with E-state index in [1.165, 1.54) is 32.5 Å². The molecule has 0 radical (unpaired) electrons. The zero-order chi connectivity index (χ0) is 20.8. The molecule has 0 aromatic rings. The SMILES string of the molecule is CCNCCCN(CC)CCC(C)C(C)N(CC)C(C)C(C)C(C)NCC. The topological polar surface area (TPSA) is 30.5 Å². The molecule has 0 amide bonds. The van der Waals surface area contributed by atoms with Gasteiger partial charge >= 0.3 is 0 Å². The molecule has 0 aliphatic carbocycles. The lowest BCUT2D eigenvalue weighted by atomic mass is 9.90. The van der Waals surface area contributed by atoms with E-state index in [0.717, 1.165) is 32.1 Å². The summed E-state index contributed by atoms with van der Waals surface area (Å²) in [5.41, 5.74) is 0. The van der Waals surface area contributed by atoms with Gasteiger partial charge in [-0.1, -0.05) is 41.5 Å². The Bertz CT molecular complexity index is 336. The highest BCUT2D eigenvalue weighted by atomic mass is 15.2. The van der Waals surface area contributed by atoms with Crippen LogP contribution < -0.4 is 10.6 Å². The number of rotatable bonds is 17. The first kappa shape index (κ1) is 26.8. The summed E-state index contributed by atoms with van der Waals surface area (Å²) in [6.07, 6.45) is 2.54. The molecule has 2 N–H and O–H groups in total. The second-order valence-electron chi connectivity index (χ2n) is 8.42. The summed E-state index contributed by atoms with van der Waals surface area (Å²) in [7, 11) is 0. The molecule has 0 heterocycles. The Morgan fingerprint density at radius 2 is 1.44 bits per heavy atom. The lowest BCUT2D eigenvalue weighted by Crippen LogP contribution is -2.50. The molecule has 0 fully saturated rings. The Labute approximate surface area is 171 Å². The zero-order valence-corrected chi connectivity index (χ0v) is 20.1. The second kappa shape index (κ2) is 15.7. The average Bonchev–Trinajstić information content (AvgIpc) is 2.66. The maximum atomic E-state index is 3.61. The Morgan fingerprint density at radius 1 is 0.778 bits per heavy atom. The van der Waals surface area contributed by atoms with Crippen LogP contribution in [0.4, 0.5) is 0 Å². The molecule has 5 atom stereocenters. The summed E-state index contributed by atoms with van der Waals surface area (Å²) in [5.74, 6) is 1.37. The monoisotopic (exact) mass is 384 g/mol. The minimum atomic E-state index is 0.564. The quantitative estimate of drug-likeness (QED) is 0.370. The van der Waals surface area contributed by atoms with Crippen LogP contribution in [0.2, 0.25) is 0 Å². The van der Waals surface area contributed by atoms with Gasteiger partial charge in [-0.3, -0.25) is 4.90 Å². The molecule has 164 valence electrons. The van der Waals surface area contributed by atoms with E-state index < -0.39 is 0 Å². The van der Waals surface area contributed by atoms with Crippen molar-refractivity contribution in [3.05, 3.63) is 0 Å². The molecule has 0 aliphatic rings. The molecule has 27 heavy (non-hydrogen) atoms. The normalized spacial score (nSPS) is 17.9. The third-order valence-electron chi connectivity index (χ3n) is 6.74. The van der Waals surface area contributed by atoms with Gasteiger partial charge in [0.2, 0.25) is 0 Å². The molecule has 0 saturated carbocycles. The highest BCUT2D eigenvalue weighted by Gasteiger charge is 2.28. The van der Waals surface area contributed by atoms with Crippen molar-refractivity contribution < 1.29 is 0 Å². The summed E-state index contributed by atoms with van der Waals surface area (Å²) < 4.78 is 0. The van der Waals surface area contributed by atoms with Gasteiger partial charge in [0.15, 0.2) is 0 Å². The lowest BCUT2D eigenvalue weighted by Gasteiger charge is -2.41. The molecule has 0 saturated heterocycles. The summed E-state index contributed by atoms with van der Waals surface area (Å²) in [6, 6.07) is 1.79. The van der Waals surface area contributed by atoms with Crippen molar-refractivity contribution >= 4 is 0 Å². The number of nitrogens with one attached hydrogen (secondary N) is 2. The molecule has 0 aliphatic heterocycles. The van der Waals surface area contributed by atoms with Crippen molar-refractivity contribution in [2.45, 2.75) is 93.3 Å². The minimum Gasteiger partial charge on any atom is -0.317 e. The van der Waals surface area contributed by atoms with Gasteiger partial charge < -0.3 is 15.5 Å². The van der Waals surface area contributed by atoms with Crippen molar-refractivity contribution in [3.63, 3.8) is 0 Å². The van der Waals surface area contributed by atoms with E-state index in [4.69, 9.17) is 0 Å². The van der Waals surface area contributed by atoms with E-state index in [1.54, 1.807) is 0 Å². The first-order chi connectivity index (χ1) is 12.8. The first-order valence-corrected chi connectivity index (χ1v) is 11.8. The lowest BCUT2D eigenvalue weighted by molar-refractivity contribution is 0.0751. The van der Waals surface area contributed by atoms with Gasteiger partial charge in [-0.2, -0.15) is 0 Å². The van der Waals surface area contributed by atoms with Crippen LogP contribution in [0.1, 0.15) is 75.2 Å². The van der Waals surface area contributed by atoms with E-state index in [2.05, 4.69) is 82.7 Å². The number of hydrogen-bond donors (Lipinski definition) is 2. The van der Waals surface area contributed by atoms with Gasteiger partial charge in [-0.15, -0.1) is 0 Å². The van der Waals surface area contributed by atoms with E-state index in [-0.39, 0.29) is 0 Å². The Hall–Kier alpha value is -0.160. The van der Waals surface area contributed by atoms with Gasteiger partial charge in [-0.25, -0.2) is 0 Å². The van der Waals surface area contributed by atoms with Crippen LogP contribution in [0.5, 0.6) is 0 Å². The Kier molecular flexibility index (Phi) is 15.6. The van der Waals surface area contributed by atoms with Crippen molar-refractivity contribution in [2.24, 2.45) is 11.8 Å². The van der Waals surface area contributed by atoms with Crippen LogP contribution in [-0.2, 0) is 0 Å². The smallest absolute Gasteiger partial charge is 0.0110 e. The average molecular weight is 385 g/mol. The van der Waals surface area contributed by atoms with Gasteiger partial charge in [-0.05, 0) is 91.3 Å². The van der Waals surface area contributed by atoms with Gasteiger partial charge in [0.25, 0.3) is 0 Å². The fourth-order valence-corrected chi connectivity index (χ4v) is 4.16. The van der Waals surface area contributed by atoms with E-state index in [1.807, 2.05) is 0 Å². The third kappa shape index (κ3) is 10.3. The van der Waals surface area contributed by atoms with Gasteiger partial charge in [0, 0.05) is 18.1 Å². The maximum absolute atomic E-state index is 3.61. The van der Waals surface area contributed by atoms with Crippen LogP contribution in [0.25, 0.3) is 0 Å². The molecule has 5 unspecified atom stereocenters. The Balaban J connectivity index is 4.57. The predicted molar refractivity (Wildman–Crippen MR) is 123 cm³/mol. The third-order valence-corrected chi connectivity index (χ3v) is 6.74. The fourth-order valence-electron chi connectivity index (χ4n) is 4.16. The molecular weight excluding hydrogens is 332 g/mol. The second-order valence-corrected chi connectivity index (χ2v) is 8.42.